The highest BCUT2D eigenvalue weighted by Crippen LogP contribution is 2.35. The Kier molecular flexibility index (Phi) is 6.92. The molecule has 0 spiro atoms. The van der Waals surface area contributed by atoms with Crippen LogP contribution in [-0.2, 0) is 12.7 Å². The van der Waals surface area contributed by atoms with Crippen LogP contribution >= 0.6 is 0 Å². The van der Waals surface area contributed by atoms with Crippen molar-refractivity contribution in [3.8, 4) is 5.75 Å². The molecule has 0 aliphatic heterocycles. The highest BCUT2D eigenvalue weighted by molar-refractivity contribution is 6.02. The Labute approximate surface area is 185 Å². The number of amides is 2. The highest BCUT2D eigenvalue weighted by Gasteiger charge is 2.34. The Morgan fingerprint density at radius 2 is 1.50 bits per heavy atom. The summed E-state index contributed by atoms with van der Waals surface area (Å²) in [6.45, 7) is 0.167. The van der Waals surface area contributed by atoms with Crippen molar-refractivity contribution < 1.29 is 22.7 Å². The molecule has 1 N–H and O–H groups in total. The number of benzene rings is 3. The molecule has 0 aliphatic rings. The van der Waals surface area contributed by atoms with Crippen LogP contribution in [-0.4, -0.2) is 27.2 Å². The van der Waals surface area contributed by atoms with Gasteiger partial charge in [-0.05, 0) is 54.1 Å². The molecule has 0 aliphatic carbocycles. The Hall–Kier alpha value is -3.68. The summed E-state index contributed by atoms with van der Waals surface area (Å²) in [6, 6.07) is 18.6. The van der Waals surface area contributed by atoms with Crippen molar-refractivity contribution in [2.24, 2.45) is 0 Å². The summed E-state index contributed by atoms with van der Waals surface area (Å²) in [5, 5.41) is 2.42. The van der Waals surface area contributed by atoms with Crippen LogP contribution in [0.2, 0.25) is 0 Å². The molecule has 2 amide bonds. The van der Waals surface area contributed by atoms with Crippen molar-refractivity contribution in [3.63, 3.8) is 0 Å². The van der Waals surface area contributed by atoms with Crippen LogP contribution < -0.4 is 19.9 Å². The third-order valence-corrected chi connectivity index (χ3v) is 4.90. The fraction of sp³-hybridized carbons (Fsp3) is 0.208. The van der Waals surface area contributed by atoms with Gasteiger partial charge in [0.2, 0.25) is 0 Å². The molecule has 0 saturated heterocycles. The minimum absolute atomic E-state index is 0.167. The van der Waals surface area contributed by atoms with Crippen LogP contribution in [0.5, 0.6) is 5.75 Å². The smallest absolute Gasteiger partial charge is 0.418 e. The second-order valence-corrected chi connectivity index (χ2v) is 7.32. The number of rotatable bonds is 6. The maximum absolute atomic E-state index is 13.4. The predicted molar refractivity (Wildman–Crippen MR) is 120 cm³/mol. The third kappa shape index (κ3) is 5.51. The average molecular weight is 443 g/mol. The van der Waals surface area contributed by atoms with Crippen molar-refractivity contribution in [1.29, 1.82) is 0 Å². The van der Waals surface area contributed by atoms with Gasteiger partial charge in [-0.3, -0.25) is 4.90 Å². The summed E-state index contributed by atoms with van der Waals surface area (Å²) in [7, 11) is 5.37. The number of carbonyl (C=O) groups excluding carboxylic acids is 1. The summed E-state index contributed by atoms with van der Waals surface area (Å²) in [5.41, 5.74) is 1.13. The van der Waals surface area contributed by atoms with E-state index in [0.717, 1.165) is 17.3 Å². The molecule has 0 aromatic heterocycles. The van der Waals surface area contributed by atoms with Gasteiger partial charge in [0, 0.05) is 25.5 Å². The van der Waals surface area contributed by atoms with Gasteiger partial charge in [-0.1, -0.05) is 24.3 Å². The van der Waals surface area contributed by atoms with E-state index in [1.165, 1.54) is 30.2 Å². The Morgan fingerprint density at radius 1 is 0.906 bits per heavy atom. The van der Waals surface area contributed by atoms with Crippen molar-refractivity contribution in [1.82, 2.24) is 0 Å². The number of urea groups is 1. The Balaban J connectivity index is 1.92. The highest BCUT2D eigenvalue weighted by atomic mass is 19.4. The Bertz CT molecular complexity index is 1050. The van der Waals surface area contributed by atoms with Gasteiger partial charge >= 0.3 is 12.2 Å². The molecular weight excluding hydrogens is 419 g/mol. The minimum atomic E-state index is -4.59. The zero-order valence-corrected chi connectivity index (χ0v) is 18.0. The van der Waals surface area contributed by atoms with Crippen LogP contribution in [0.4, 0.5) is 35.0 Å². The van der Waals surface area contributed by atoms with Crippen molar-refractivity contribution in [2.45, 2.75) is 12.7 Å². The fourth-order valence-electron chi connectivity index (χ4n) is 3.15. The summed E-state index contributed by atoms with van der Waals surface area (Å²) in [6.07, 6.45) is -4.59. The molecule has 3 aromatic rings. The molecule has 0 fully saturated rings. The zero-order valence-electron chi connectivity index (χ0n) is 18.0. The van der Waals surface area contributed by atoms with Crippen LogP contribution in [0.1, 0.15) is 11.1 Å². The molecule has 0 heterocycles. The first-order valence-electron chi connectivity index (χ1n) is 9.84. The first kappa shape index (κ1) is 23.0. The summed E-state index contributed by atoms with van der Waals surface area (Å²) < 4.78 is 45.3. The lowest BCUT2D eigenvalue weighted by Crippen LogP contribution is -2.35. The summed E-state index contributed by atoms with van der Waals surface area (Å²) >= 11 is 0. The number of carbonyl (C=O) groups is 1. The normalized spacial score (nSPS) is 11.1. The largest absolute Gasteiger partial charge is 0.497 e. The van der Waals surface area contributed by atoms with Crippen LogP contribution in [0.3, 0.4) is 0 Å². The number of methoxy groups -OCH3 is 1. The van der Waals surface area contributed by atoms with E-state index in [0.29, 0.717) is 11.4 Å². The van der Waals surface area contributed by atoms with E-state index in [4.69, 9.17) is 4.74 Å². The lowest BCUT2D eigenvalue weighted by Gasteiger charge is -2.25. The molecule has 32 heavy (non-hydrogen) atoms. The van der Waals surface area contributed by atoms with Crippen LogP contribution in [0, 0.1) is 0 Å². The van der Waals surface area contributed by atoms with E-state index in [1.807, 2.05) is 43.3 Å². The molecule has 168 valence electrons. The number of ether oxygens (including phenoxy) is 1. The molecule has 0 saturated carbocycles. The van der Waals surface area contributed by atoms with Crippen LogP contribution in [0.15, 0.2) is 72.8 Å². The maximum Gasteiger partial charge on any atom is 0.418 e. The standard InChI is InChI=1S/C24H24F3N3O2/c1-29(2)18-10-8-17(9-11-18)16-30(19-12-14-20(32-3)15-13-19)23(31)28-22-7-5-4-6-21(22)24(25,26)27/h4-15H,16H2,1-3H3,(H,28,31). The molecule has 0 bridgehead atoms. The van der Waals surface area contributed by atoms with E-state index in [2.05, 4.69) is 5.32 Å². The number of para-hydroxylation sites is 1. The monoisotopic (exact) mass is 443 g/mol. The molecule has 3 aromatic carbocycles. The first-order valence-corrected chi connectivity index (χ1v) is 9.84. The number of anilines is 3. The van der Waals surface area contributed by atoms with Crippen molar-refractivity contribution in [3.05, 3.63) is 83.9 Å². The number of alkyl halides is 3. The van der Waals surface area contributed by atoms with Gasteiger partial charge in [-0.2, -0.15) is 13.2 Å². The quantitative estimate of drug-likeness (QED) is 0.507. The van der Waals surface area contributed by atoms with Crippen molar-refractivity contribution in [2.75, 3.05) is 36.3 Å². The SMILES string of the molecule is COc1ccc(N(Cc2ccc(N(C)C)cc2)C(=O)Nc2ccccc2C(F)(F)F)cc1. The van der Waals surface area contributed by atoms with Gasteiger partial charge in [0.25, 0.3) is 0 Å². The van der Waals surface area contributed by atoms with Gasteiger partial charge in [0.05, 0.1) is 24.9 Å². The van der Waals surface area contributed by atoms with Gasteiger partial charge in [-0.15, -0.1) is 0 Å². The van der Waals surface area contributed by atoms with Crippen LogP contribution in [0.25, 0.3) is 0 Å². The molecule has 0 unspecified atom stereocenters. The summed E-state index contributed by atoms with van der Waals surface area (Å²) in [4.78, 5) is 16.5. The number of hydrogen-bond donors (Lipinski definition) is 1. The minimum Gasteiger partial charge on any atom is -0.497 e. The number of halogens is 3. The Morgan fingerprint density at radius 3 is 2.06 bits per heavy atom. The topological polar surface area (TPSA) is 44.8 Å². The lowest BCUT2D eigenvalue weighted by molar-refractivity contribution is -0.136. The molecule has 3 rings (SSSR count). The lowest BCUT2D eigenvalue weighted by atomic mass is 10.1. The molecule has 0 radical (unpaired) electrons. The number of nitrogens with zero attached hydrogens (tertiary/aromatic N) is 2. The van der Waals surface area contributed by atoms with Crippen molar-refractivity contribution >= 4 is 23.1 Å². The third-order valence-electron chi connectivity index (χ3n) is 4.90. The van der Waals surface area contributed by atoms with Gasteiger partial charge in [-0.25, -0.2) is 4.79 Å². The second kappa shape index (κ2) is 9.64. The molecule has 8 heteroatoms. The zero-order chi connectivity index (χ0) is 23.3. The number of hydrogen-bond acceptors (Lipinski definition) is 3. The maximum atomic E-state index is 13.4. The van der Waals surface area contributed by atoms with E-state index in [-0.39, 0.29) is 12.2 Å². The molecule has 5 nitrogen and oxygen atoms in total. The van der Waals surface area contributed by atoms with E-state index in [9.17, 15) is 18.0 Å². The molecule has 0 atom stereocenters. The predicted octanol–water partition coefficient (Wildman–Crippen LogP) is 6.02. The van der Waals surface area contributed by atoms with E-state index >= 15 is 0 Å². The van der Waals surface area contributed by atoms with E-state index in [1.54, 1.807) is 24.3 Å². The van der Waals surface area contributed by atoms with Gasteiger partial charge in [0.15, 0.2) is 0 Å². The average Bonchev–Trinajstić information content (AvgIpc) is 2.77. The first-order chi connectivity index (χ1) is 15.2. The number of nitrogens with one attached hydrogen (secondary N) is 1. The second-order valence-electron chi connectivity index (χ2n) is 7.32. The van der Waals surface area contributed by atoms with Gasteiger partial charge < -0.3 is 15.0 Å². The van der Waals surface area contributed by atoms with E-state index < -0.39 is 17.8 Å². The summed E-state index contributed by atoms with van der Waals surface area (Å²) in [5.74, 6) is 0.604. The van der Waals surface area contributed by atoms with Gasteiger partial charge in [0.1, 0.15) is 5.75 Å². The fourth-order valence-corrected chi connectivity index (χ4v) is 3.15. The molecular formula is C24H24F3N3O2.